The number of ketones is 1. The van der Waals surface area contributed by atoms with Crippen LogP contribution in [0.3, 0.4) is 0 Å². The highest BCUT2D eigenvalue weighted by Gasteiger charge is 2.52. The summed E-state index contributed by atoms with van der Waals surface area (Å²) in [6, 6.07) is 7.64. The zero-order chi connectivity index (χ0) is 20.0. The summed E-state index contributed by atoms with van der Waals surface area (Å²) in [5.74, 6) is 0.185. The second-order valence-electron chi connectivity index (χ2n) is 7.56. The molecule has 2 atom stereocenters. The van der Waals surface area contributed by atoms with Crippen LogP contribution >= 0.6 is 11.6 Å². The number of carbonyl (C=O) groups excluding carboxylic acids is 2. The Morgan fingerprint density at radius 1 is 1.37 bits per heavy atom. The summed E-state index contributed by atoms with van der Waals surface area (Å²) in [4.78, 5) is 27.7. The molecule has 2 rings (SSSR count). The van der Waals surface area contributed by atoms with Crippen molar-refractivity contribution >= 4 is 23.3 Å². The molecule has 1 N–H and O–H groups in total. The van der Waals surface area contributed by atoms with Gasteiger partial charge in [0.1, 0.15) is 5.54 Å². The Morgan fingerprint density at radius 3 is 2.59 bits per heavy atom. The van der Waals surface area contributed by atoms with Gasteiger partial charge in [0, 0.05) is 24.0 Å². The molecule has 148 valence electrons. The van der Waals surface area contributed by atoms with Gasteiger partial charge in [-0.15, -0.1) is 0 Å². The molecule has 0 spiro atoms. The fourth-order valence-corrected chi connectivity index (χ4v) is 4.39. The Labute approximate surface area is 168 Å². The summed E-state index contributed by atoms with van der Waals surface area (Å²) in [6.45, 7) is 11.0. The minimum atomic E-state index is -0.788. The van der Waals surface area contributed by atoms with E-state index in [1.807, 2.05) is 38.1 Å². The van der Waals surface area contributed by atoms with Gasteiger partial charge < -0.3 is 5.32 Å². The quantitative estimate of drug-likeness (QED) is 0.672. The number of hydrogen-bond acceptors (Lipinski definition) is 3. The predicted molar refractivity (Wildman–Crippen MR) is 111 cm³/mol. The molecular weight excluding hydrogens is 360 g/mol. The molecule has 1 fully saturated rings. The van der Waals surface area contributed by atoms with Crippen molar-refractivity contribution < 1.29 is 9.59 Å². The molecule has 1 aromatic rings. The summed E-state index contributed by atoms with van der Waals surface area (Å²) < 4.78 is 0. The fourth-order valence-electron chi connectivity index (χ4n) is 4.26. The van der Waals surface area contributed by atoms with Crippen LogP contribution in [0.2, 0.25) is 5.02 Å². The summed E-state index contributed by atoms with van der Waals surface area (Å²) >= 11 is 6.12. The lowest BCUT2D eigenvalue weighted by Crippen LogP contribution is -2.63. The first-order chi connectivity index (χ1) is 12.9. The van der Waals surface area contributed by atoms with E-state index in [-0.39, 0.29) is 23.7 Å². The predicted octanol–water partition coefficient (Wildman–Crippen LogP) is 4.33. The molecular formula is C22H31ClN2O2. The van der Waals surface area contributed by atoms with Gasteiger partial charge in [0.2, 0.25) is 5.91 Å². The number of piperidine rings is 1. The van der Waals surface area contributed by atoms with E-state index in [4.69, 9.17) is 11.6 Å². The standard InChI is InChI=1S/C22H31ClN2O2/c1-5-17-8-7-14-25(15-13-20(26)6-2)22(17,21(27)24-16(3)4)18-9-11-19(23)12-10-18/h6,9-12,16-17H,2,5,7-8,13-15H2,1,3-4H3,(H,24,27)/t17-,22-/m0/s1. The van der Waals surface area contributed by atoms with E-state index >= 15 is 0 Å². The number of hydrogen-bond donors (Lipinski definition) is 1. The summed E-state index contributed by atoms with van der Waals surface area (Å²) in [6.07, 6.45) is 4.62. The zero-order valence-electron chi connectivity index (χ0n) is 16.6. The molecule has 1 saturated heterocycles. The average molecular weight is 391 g/mol. The van der Waals surface area contributed by atoms with Gasteiger partial charge in [-0.25, -0.2) is 0 Å². The van der Waals surface area contributed by atoms with Crippen molar-refractivity contribution in [2.45, 2.75) is 58.0 Å². The number of halogens is 1. The number of carbonyl (C=O) groups is 2. The number of nitrogens with one attached hydrogen (secondary N) is 1. The van der Waals surface area contributed by atoms with Crippen LogP contribution in [0.4, 0.5) is 0 Å². The van der Waals surface area contributed by atoms with E-state index in [1.165, 1.54) is 6.08 Å². The summed E-state index contributed by atoms with van der Waals surface area (Å²) in [5.41, 5.74) is 0.159. The third-order valence-electron chi connectivity index (χ3n) is 5.47. The van der Waals surface area contributed by atoms with Crippen LogP contribution in [0.15, 0.2) is 36.9 Å². The molecule has 0 bridgehead atoms. The Balaban J connectivity index is 2.56. The van der Waals surface area contributed by atoms with Gasteiger partial charge in [-0.1, -0.05) is 43.7 Å². The SMILES string of the molecule is C=CC(=O)CCN1CCC[C@H](CC)[C@@]1(C(=O)NC(C)C)c1ccc(Cl)cc1. The Kier molecular flexibility index (Phi) is 7.63. The maximum absolute atomic E-state index is 13.6. The van der Waals surface area contributed by atoms with Crippen LogP contribution in [0.1, 0.15) is 52.0 Å². The van der Waals surface area contributed by atoms with Crippen LogP contribution in [-0.2, 0) is 15.1 Å². The lowest BCUT2D eigenvalue weighted by molar-refractivity contribution is -0.144. The van der Waals surface area contributed by atoms with Crippen molar-refractivity contribution in [1.29, 1.82) is 0 Å². The Morgan fingerprint density at radius 2 is 2.04 bits per heavy atom. The molecule has 1 aliphatic heterocycles. The highest BCUT2D eigenvalue weighted by Crippen LogP contribution is 2.44. The van der Waals surface area contributed by atoms with Gasteiger partial charge in [0.05, 0.1) is 0 Å². The molecule has 0 aliphatic carbocycles. The normalized spacial score (nSPS) is 23.2. The molecule has 1 aromatic carbocycles. The Bertz CT molecular complexity index is 671. The number of allylic oxidation sites excluding steroid dienone is 1. The van der Waals surface area contributed by atoms with Crippen molar-refractivity contribution in [3.05, 3.63) is 47.5 Å². The third kappa shape index (κ3) is 4.61. The lowest BCUT2D eigenvalue weighted by Gasteiger charge is -2.51. The van der Waals surface area contributed by atoms with Crippen molar-refractivity contribution in [3.63, 3.8) is 0 Å². The first-order valence-electron chi connectivity index (χ1n) is 9.83. The maximum atomic E-state index is 13.6. The molecule has 1 heterocycles. The second kappa shape index (κ2) is 9.52. The Hall–Kier alpha value is -1.65. The molecule has 27 heavy (non-hydrogen) atoms. The fraction of sp³-hybridized carbons (Fsp3) is 0.545. The minimum Gasteiger partial charge on any atom is -0.352 e. The lowest BCUT2D eigenvalue weighted by atomic mass is 9.69. The van der Waals surface area contributed by atoms with Crippen LogP contribution in [0.5, 0.6) is 0 Å². The summed E-state index contributed by atoms with van der Waals surface area (Å²) in [5, 5.41) is 3.79. The highest BCUT2D eigenvalue weighted by molar-refractivity contribution is 6.30. The van der Waals surface area contributed by atoms with Gasteiger partial charge in [0.15, 0.2) is 5.78 Å². The number of likely N-dealkylation sites (tertiary alicyclic amines) is 1. The van der Waals surface area contributed by atoms with E-state index in [9.17, 15) is 9.59 Å². The first kappa shape index (κ1) is 21.6. The molecule has 0 radical (unpaired) electrons. The average Bonchev–Trinajstić information content (AvgIpc) is 2.65. The largest absolute Gasteiger partial charge is 0.352 e. The molecule has 1 amide bonds. The van der Waals surface area contributed by atoms with Gasteiger partial charge in [-0.2, -0.15) is 0 Å². The van der Waals surface area contributed by atoms with Crippen molar-refractivity contribution in [2.75, 3.05) is 13.1 Å². The molecule has 0 saturated carbocycles. The van der Waals surface area contributed by atoms with E-state index in [1.54, 1.807) is 0 Å². The number of amides is 1. The van der Waals surface area contributed by atoms with E-state index in [2.05, 4.69) is 23.7 Å². The van der Waals surface area contributed by atoms with Crippen LogP contribution in [-0.4, -0.2) is 35.7 Å². The first-order valence-corrected chi connectivity index (χ1v) is 10.2. The van der Waals surface area contributed by atoms with E-state index in [0.717, 1.165) is 31.4 Å². The van der Waals surface area contributed by atoms with E-state index in [0.29, 0.717) is 18.0 Å². The monoisotopic (exact) mass is 390 g/mol. The van der Waals surface area contributed by atoms with Gasteiger partial charge in [-0.3, -0.25) is 14.5 Å². The molecule has 5 heteroatoms. The van der Waals surface area contributed by atoms with E-state index < -0.39 is 5.54 Å². The number of benzene rings is 1. The molecule has 1 aliphatic rings. The van der Waals surface area contributed by atoms with Crippen molar-refractivity contribution in [3.8, 4) is 0 Å². The molecule has 0 aromatic heterocycles. The van der Waals surface area contributed by atoms with Gasteiger partial charge in [-0.05, 0) is 62.9 Å². The van der Waals surface area contributed by atoms with Crippen molar-refractivity contribution in [2.24, 2.45) is 5.92 Å². The van der Waals surface area contributed by atoms with Crippen LogP contribution in [0.25, 0.3) is 0 Å². The topological polar surface area (TPSA) is 49.4 Å². The zero-order valence-corrected chi connectivity index (χ0v) is 17.4. The smallest absolute Gasteiger partial charge is 0.245 e. The summed E-state index contributed by atoms with van der Waals surface area (Å²) in [7, 11) is 0. The van der Waals surface area contributed by atoms with Gasteiger partial charge in [0.25, 0.3) is 0 Å². The minimum absolute atomic E-state index is 0.00268. The third-order valence-corrected chi connectivity index (χ3v) is 5.72. The van der Waals surface area contributed by atoms with Crippen LogP contribution < -0.4 is 5.32 Å². The van der Waals surface area contributed by atoms with Crippen LogP contribution in [0, 0.1) is 5.92 Å². The number of rotatable bonds is 8. The highest BCUT2D eigenvalue weighted by atomic mass is 35.5. The number of nitrogens with zero attached hydrogens (tertiary/aromatic N) is 1. The second-order valence-corrected chi connectivity index (χ2v) is 7.99. The molecule has 0 unspecified atom stereocenters. The molecule has 4 nitrogen and oxygen atoms in total. The van der Waals surface area contributed by atoms with Crippen molar-refractivity contribution in [1.82, 2.24) is 10.2 Å². The van der Waals surface area contributed by atoms with Gasteiger partial charge >= 0.3 is 0 Å². The maximum Gasteiger partial charge on any atom is 0.245 e.